The molecule has 0 aliphatic heterocycles. The highest BCUT2D eigenvalue weighted by Gasteiger charge is 2.23. The number of aryl methyl sites for hydroxylation is 2. The Labute approximate surface area is 255 Å². The molecule has 212 valence electrons. The molecule has 44 heavy (non-hydrogen) atoms. The number of rotatable bonds is 5. The number of benzene rings is 5. The number of hydrogen-bond donors (Lipinski definition) is 0. The molecule has 6 heteroatoms. The summed E-state index contributed by atoms with van der Waals surface area (Å²) in [5.74, 6) is -0.257. The number of hydrogen-bond acceptors (Lipinski definition) is 4. The highest BCUT2D eigenvalue weighted by molar-refractivity contribution is 6.13. The molecule has 0 aliphatic rings. The first kappa shape index (κ1) is 28.2. The number of amides is 1. The van der Waals surface area contributed by atoms with Gasteiger partial charge in [0.1, 0.15) is 0 Å². The lowest BCUT2D eigenvalue weighted by Gasteiger charge is -2.18. The summed E-state index contributed by atoms with van der Waals surface area (Å²) in [5, 5.41) is 20.7. The number of aldehydes is 1. The molecule has 6 aromatic rings. The fourth-order valence-corrected chi connectivity index (χ4v) is 6.03. The Kier molecular flexibility index (Phi) is 7.05. The van der Waals surface area contributed by atoms with Crippen LogP contribution < -0.4 is 0 Å². The average Bonchev–Trinajstić information content (AvgIpc) is 3.36. The molecule has 0 atom stereocenters. The topological polar surface area (TPSA) is 89.9 Å². The Hall–Kier alpha value is -5.98. The van der Waals surface area contributed by atoms with Gasteiger partial charge in [-0.25, -0.2) is 0 Å². The second-order valence-corrected chi connectivity index (χ2v) is 11.1. The quantitative estimate of drug-likeness (QED) is 0.196. The molecule has 1 aromatic heterocycles. The fourth-order valence-electron chi connectivity index (χ4n) is 6.03. The predicted molar refractivity (Wildman–Crippen MR) is 174 cm³/mol. The van der Waals surface area contributed by atoms with Gasteiger partial charge in [-0.15, -0.1) is 0 Å². The number of carbonyl (C=O) groups is 2. The number of nitrogens with zero attached hydrogens (tertiary/aromatic N) is 4. The SMILES string of the molecule is Cc1cc(C#N)ccc1-c1ccc2c(c1)c1cc(-c3ccc(C#N)cc3C)ccc1n2-c1cccc(C=O)c1C(=O)N(C)C. The standard InChI is InChI=1S/C38H28N4O2/c1-23-16-25(20-39)8-12-30(23)27-10-14-34-32(18-27)33-19-28(31-13-9-26(21-40)17-24(31)2)11-15-35(33)42(34)36-7-5-6-29(22-43)37(36)38(44)41(3)4/h5-19,22H,1-4H3. The molecule has 0 N–H and O–H groups in total. The molecule has 0 bridgehead atoms. The van der Waals surface area contributed by atoms with Crippen LogP contribution in [0.25, 0.3) is 49.7 Å². The van der Waals surface area contributed by atoms with Crippen molar-refractivity contribution in [2.75, 3.05) is 14.1 Å². The van der Waals surface area contributed by atoms with E-state index >= 15 is 0 Å². The maximum absolute atomic E-state index is 13.5. The van der Waals surface area contributed by atoms with Crippen molar-refractivity contribution in [3.63, 3.8) is 0 Å². The number of aromatic nitrogens is 1. The van der Waals surface area contributed by atoms with Crippen LogP contribution >= 0.6 is 0 Å². The second kappa shape index (κ2) is 11.0. The normalized spacial score (nSPS) is 10.9. The smallest absolute Gasteiger partial charge is 0.256 e. The van der Waals surface area contributed by atoms with E-state index in [9.17, 15) is 20.1 Å². The largest absolute Gasteiger partial charge is 0.345 e. The van der Waals surface area contributed by atoms with Crippen molar-refractivity contribution in [2.45, 2.75) is 13.8 Å². The summed E-state index contributed by atoms with van der Waals surface area (Å²) < 4.78 is 2.05. The molecule has 5 aromatic carbocycles. The zero-order valence-electron chi connectivity index (χ0n) is 24.8. The first-order valence-electron chi connectivity index (χ1n) is 14.2. The Balaban J connectivity index is 1.69. The van der Waals surface area contributed by atoms with Gasteiger partial charge in [-0.1, -0.05) is 36.4 Å². The summed E-state index contributed by atoms with van der Waals surface area (Å²) in [5.41, 5.74) is 10.3. The van der Waals surface area contributed by atoms with Crippen molar-refractivity contribution in [1.82, 2.24) is 9.47 Å². The number of carbonyl (C=O) groups excluding carboxylic acids is 2. The monoisotopic (exact) mass is 572 g/mol. The third-order valence-corrected chi connectivity index (χ3v) is 8.16. The minimum Gasteiger partial charge on any atom is -0.345 e. The molecule has 0 spiro atoms. The summed E-state index contributed by atoms with van der Waals surface area (Å²) in [6, 6.07) is 33.6. The van der Waals surface area contributed by atoms with Gasteiger partial charge >= 0.3 is 0 Å². The van der Waals surface area contributed by atoms with Crippen LogP contribution in [0.15, 0.2) is 91.0 Å². The molecule has 1 amide bonds. The van der Waals surface area contributed by atoms with Crippen LogP contribution in [0.1, 0.15) is 43.0 Å². The van der Waals surface area contributed by atoms with E-state index in [2.05, 4.69) is 41.0 Å². The molecule has 6 rings (SSSR count). The van der Waals surface area contributed by atoms with E-state index in [0.717, 1.165) is 61.5 Å². The maximum Gasteiger partial charge on any atom is 0.256 e. The second-order valence-electron chi connectivity index (χ2n) is 11.1. The van der Waals surface area contributed by atoms with E-state index in [1.54, 1.807) is 26.2 Å². The van der Waals surface area contributed by atoms with Gasteiger partial charge in [0.2, 0.25) is 0 Å². The van der Waals surface area contributed by atoms with Crippen LogP contribution in [0.3, 0.4) is 0 Å². The van der Waals surface area contributed by atoms with Gasteiger partial charge in [0.25, 0.3) is 5.91 Å². The first-order chi connectivity index (χ1) is 21.2. The summed E-state index contributed by atoms with van der Waals surface area (Å²) in [6.45, 7) is 4.00. The summed E-state index contributed by atoms with van der Waals surface area (Å²) in [4.78, 5) is 27.1. The van der Waals surface area contributed by atoms with E-state index in [1.165, 1.54) is 4.90 Å². The van der Waals surface area contributed by atoms with Crippen LogP contribution in [0.2, 0.25) is 0 Å². The minimum absolute atomic E-state index is 0.257. The van der Waals surface area contributed by atoms with Gasteiger partial charge in [-0.05, 0) is 102 Å². The lowest BCUT2D eigenvalue weighted by molar-refractivity contribution is 0.0824. The zero-order valence-corrected chi connectivity index (χ0v) is 24.8. The Morgan fingerprint density at radius 1 is 0.727 bits per heavy atom. The van der Waals surface area contributed by atoms with Crippen LogP contribution in [0.5, 0.6) is 0 Å². The third kappa shape index (κ3) is 4.60. The van der Waals surface area contributed by atoms with Crippen molar-refractivity contribution < 1.29 is 9.59 Å². The molecular formula is C38H28N4O2. The van der Waals surface area contributed by atoms with Crippen LogP contribution in [0.4, 0.5) is 0 Å². The van der Waals surface area contributed by atoms with Crippen molar-refractivity contribution in [2.24, 2.45) is 0 Å². The highest BCUT2D eigenvalue weighted by atomic mass is 16.2. The summed E-state index contributed by atoms with van der Waals surface area (Å²) >= 11 is 0. The average molecular weight is 573 g/mol. The number of fused-ring (bicyclic) bond motifs is 3. The van der Waals surface area contributed by atoms with E-state index in [0.29, 0.717) is 27.9 Å². The van der Waals surface area contributed by atoms with Crippen molar-refractivity contribution >= 4 is 34.0 Å². The van der Waals surface area contributed by atoms with Gasteiger partial charge in [-0.3, -0.25) is 9.59 Å². The molecule has 1 heterocycles. The predicted octanol–water partition coefficient (Wildman–Crippen LogP) is 7.99. The van der Waals surface area contributed by atoms with Gasteiger partial charge in [0, 0.05) is 30.4 Å². The number of nitriles is 2. The van der Waals surface area contributed by atoms with Gasteiger partial charge in [0.05, 0.1) is 45.5 Å². The maximum atomic E-state index is 13.5. The van der Waals surface area contributed by atoms with E-state index < -0.39 is 0 Å². The zero-order chi connectivity index (χ0) is 31.1. The van der Waals surface area contributed by atoms with Crippen LogP contribution in [-0.2, 0) is 0 Å². The molecule has 0 aliphatic carbocycles. The fraction of sp³-hybridized carbons (Fsp3) is 0.105. The Morgan fingerprint density at radius 2 is 1.25 bits per heavy atom. The van der Waals surface area contributed by atoms with E-state index in [-0.39, 0.29) is 5.91 Å². The Morgan fingerprint density at radius 3 is 1.68 bits per heavy atom. The van der Waals surface area contributed by atoms with E-state index in [4.69, 9.17) is 0 Å². The van der Waals surface area contributed by atoms with Gasteiger partial charge in [-0.2, -0.15) is 10.5 Å². The van der Waals surface area contributed by atoms with Crippen molar-refractivity contribution in [3.05, 3.63) is 124 Å². The molecule has 0 saturated heterocycles. The van der Waals surface area contributed by atoms with Gasteiger partial charge in [0.15, 0.2) is 6.29 Å². The molecule has 6 nitrogen and oxygen atoms in total. The molecule has 0 fully saturated rings. The van der Waals surface area contributed by atoms with Crippen LogP contribution in [-0.4, -0.2) is 35.8 Å². The molecular weight excluding hydrogens is 544 g/mol. The third-order valence-electron chi connectivity index (χ3n) is 8.16. The van der Waals surface area contributed by atoms with Crippen LogP contribution in [0, 0.1) is 36.5 Å². The minimum atomic E-state index is -0.257. The summed E-state index contributed by atoms with van der Waals surface area (Å²) in [6.07, 6.45) is 0.728. The van der Waals surface area contributed by atoms with Crippen molar-refractivity contribution in [3.8, 4) is 40.1 Å². The molecule has 0 unspecified atom stereocenters. The van der Waals surface area contributed by atoms with Gasteiger partial charge < -0.3 is 9.47 Å². The molecule has 0 radical (unpaired) electrons. The van der Waals surface area contributed by atoms with E-state index in [1.807, 2.05) is 68.4 Å². The lowest BCUT2D eigenvalue weighted by atomic mass is 9.95. The molecule has 0 saturated carbocycles. The highest BCUT2D eigenvalue weighted by Crippen LogP contribution is 2.39. The Bertz CT molecular complexity index is 2120. The summed E-state index contributed by atoms with van der Waals surface area (Å²) in [7, 11) is 3.36. The van der Waals surface area contributed by atoms with Crippen molar-refractivity contribution in [1.29, 1.82) is 10.5 Å². The lowest BCUT2D eigenvalue weighted by Crippen LogP contribution is -2.24. The first-order valence-corrected chi connectivity index (χ1v) is 14.2.